The highest BCUT2D eigenvalue weighted by Gasteiger charge is 2.19. The zero-order chi connectivity index (χ0) is 13.1. The number of carbonyl (C=O) groups is 1. The van der Waals surface area contributed by atoms with Gasteiger partial charge < -0.3 is 10.6 Å². The lowest BCUT2D eigenvalue weighted by Gasteiger charge is -2.14. The number of nitrogen functional groups attached to an aromatic ring is 1. The largest absolute Gasteiger partial charge is 0.395 e. The third-order valence-electron chi connectivity index (χ3n) is 3.23. The molecule has 1 aliphatic rings. The molecule has 18 heavy (non-hydrogen) atoms. The molecule has 2 rings (SSSR count). The summed E-state index contributed by atoms with van der Waals surface area (Å²) in [4.78, 5) is 13.9. The molecular weight excluding hydrogens is 248 g/mol. The monoisotopic (exact) mass is 268 g/mol. The van der Waals surface area contributed by atoms with Gasteiger partial charge in [0.1, 0.15) is 5.03 Å². The van der Waals surface area contributed by atoms with Gasteiger partial charge in [0.15, 0.2) is 0 Å². The summed E-state index contributed by atoms with van der Waals surface area (Å²) in [6.07, 6.45) is 3.08. The Bertz CT molecular complexity index is 438. The molecule has 2 N–H and O–H groups in total. The highest BCUT2D eigenvalue weighted by atomic mass is 32.2. The molecule has 1 amide bonds. The van der Waals surface area contributed by atoms with Gasteiger partial charge in [0.2, 0.25) is 5.91 Å². The number of rotatable bonds is 4. The first kappa shape index (κ1) is 13.3. The van der Waals surface area contributed by atoms with Gasteiger partial charge in [-0.3, -0.25) is 9.48 Å². The molecule has 1 fully saturated rings. The van der Waals surface area contributed by atoms with Gasteiger partial charge in [-0.05, 0) is 19.3 Å². The second kappa shape index (κ2) is 5.65. The van der Waals surface area contributed by atoms with Gasteiger partial charge >= 0.3 is 0 Å². The number of carbonyl (C=O) groups excluding carboxylic acids is 1. The molecule has 5 nitrogen and oxygen atoms in total. The predicted octanol–water partition coefficient (Wildman–Crippen LogP) is 1.28. The SMILES string of the molecule is CCc1nn(C)c(SCC(=O)N2CCCC2)c1N. The molecule has 0 aromatic carbocycles. The average molecular weight is 268 g/mol. The summed E-state index contributed by atoms with van der Waals surface area (Å²) in [7, 11) is 1.87. The van der Waals surface area contributed by atoms with E-state index in [1.807, 2.05) is 18.9 Å². The Morgan fingerprint density at radius 2 is 2.11 bits per heavy atom. The summed E-state index contributed by atoms with van der Waals surface area (Å²) in [5.41, 5.74) is 7.66. The van der Waals surface area contributed by atoms with E-state index < -0.39 is 0 Å². The van der Waals surface area contributed by atoms with Crippen LogP contribution >= 0.6 is 11.8 Å². The molecule has 100 valence electrons. The van der Waals surface area contributed by atoms with Gasteiger partial charge in [-0.1, -0.05) is 18.7 Å². The van der Waals surface area contributed by atoms with E-state index in [0.717, 1.165) is 48.8 Å². The van der Waals surface area contributed by atoms with Crippen molar-refractivity contribution in [2.24, 2.45) is 7.05 Å². The fraction of sp³-hybridized carbons (Fsp3) is 0.667. The molecule has 0 unspecified atom stereocenters. The van der Waals surface area contributed by atoms with Gasteiger partial charge in [-0.25, -0.2) is 0 Å². The van der Waals surface area contributed by atoms with E-state index in [-0.39, 0.29) is 5.91 Å². The highest BCUT2D eigenvalue weighted by molar-refractivity contribution is 8.00. The zero-order valence-electron chi connectivity index (χ0n) is 11.0. The van der Waals surface area contributed by atoms with E-state index in [1.54, 1.807) is 4.68 Å². The van der Waals surface area contributed by atoms with Crippen LogP contribution in [0.4, 0.5) is 5.69 Å². The summed E-state index contributed by atoms with van der Waals surface area (Å²) in [6, 6.07) is 0. The number of amides is 1. The fourth-order valence-corrected chi connectivity index (χ4v) is 3.14. The van der Waals surface area contributed by atoms with E-state index >= 15 is 0 Å². The minimum atomic E-state index is 0.205. The van der Waals surface area contributed by atoms with E-state index in [2.05, 4.69) is 5.10 Å². The Balaban J connectivity index is 1.97. The maximum absolute atomic E-state index is 12.0. The van der Waals surface area contributed by atoms with Crippen LogP contribution in [-0.2, 0) is 18.3 Å². The molecule has 0 saturated carbocycles. The second-order valence-electron chi connectivity index (χ2n) is 4.52. The Kier molecular flexibility index (Phi) is 4.16. The van der Waals surface area contributed by atoms with Crippen LogP contribution in [0.2, 0.25) is 0 Å². The summed E-state index contributed by atoms with van der Waals surface area (Å²) in [6.45, 7) is 3.84. The van der Waals surface area contributed by atoms with Crippen molar-refractivity contribution in [2.45, 2.75) is 31.2 Å². The average Bonchev–Trinajstić information content (AvgIpc) is 2.96. The van der Waals surface area contributed by atoms with Gasteiger partial charge in [0.25, 0.3) is 0 Å². The number of nitrogens with zero attached hydrogens (tertiary/aromatic N) is 3. The molecule has 2 heterocycles. The molecule has 1 saturated heterocycles. The van der Waals surface area contributed by atoms with E-state index in [4.69, 9.17) is 5.73 Å². The summed E-state index contributed by atoms with van der Waals surface area (Å²) in [5, 5.41) is 5.25. The summed E-state index contributed by atoms with van der Waals surface area (Å²) >= 11 is 1.49. The quantitative estimate of drug-likeness (QED) is 0.836. The van der Waals surface area contributed by atoms with Gasteiger partial charge in [0, 0.05) is 20.1 Å². The maximum Gasteiger partial charge on any atom is 0.232 e. The van der Waals surface area contributed by atoms with Crippen molar-refractivity contribution in [3.8, 4) is 0 Å². The van der Waals surface area contributed by atoms with Gasteiger partial charge in [-0.2, -0.15) is 5.10 Å². The predicted molar refractivity (Wildman–Crippen MR) is 73.5 cm³/mol. The Hall–Kier alpha value is -1.17. The van der Waals surface area contributed by atoms with Gasteiger partial charge in [0.05, 0.1) is 17.1 Å². The molecule has 0 atom stereocenters. The van der Waals surface area contributed by atoms with Crippen LogP contribution < -0.4 is 5.73 Å². The lowest BCUT2D eigenvalue weighted by Crippen LogP contribution is -2.29. The number of anilines is 1. The first-order chi connectivity index (χ1) is 8.63. The van der Waals surface area contributed by atoms with Crippen molar-refractivity contribution in [3.05, 3.63) is 5.69 Å². The van der Waals surface area contributed by atoms with E-state index in [1.165, 1.54) is 11.8 Å². The van der Waals surface area contributed by atoms with Crippen molar-refractivity contribution in [1.82, 2.24) is 14.7 Å². The fourth-order valence-electron chi connectivity index (χ4n) is 2.20. The number of aromatic nitrogens is 2. The molecule has 6 heteroatoms. The molecule has 1 aliphatic heterocycles. The van der Waals surface area contributed by atoms with E-state index in [9.17, 15) is 4.79 Å². The lowest BCUT2D eigenvalue weighted by molar-refractivity contribution is -0.127. The highest BCUT2D eigenvalue weighted by Crippen LogP contribution is 2.28. The normalized spacial score (nSPS) is 15.3. The Morgan fingerprint density at radius 3 is 2.67 bits per heavy atom. The molecule has 0 aliphatic carbocycles. The minimum absolute atomic E-state index is 0.205. The number of likely N-dealkylation sites (tertiary alicyclic amines) is 1. The number of thioether (sulfide) groups is 1. The first-order valence-electron chi connectivity index (χ1n) is 6.35. The first-order valence-corrected chi connectivity index (χ1v) is 7.34. The van der Waals surface area contributed by atoms with Crippen LogP contribution in [0.15, 0.2) is 5.03 Å². The molecule has 0 radical (unpaired) electrons. The lowest BCUT2D eigenvalue weighted by atomic mass is 10.3. The van der Waals surface area contributed by atoms with Crippen molar-refractivity contribution in [1.29, 1.82) is 0 Å². The molecule has 1 aromatic heterocycles. The van der Waals surface area contributed by atoms with E-state index in [0.29, 0.717) is 5.75 Å². The third kappa shape index (κ3) is 2.63. The van der Waals surface area contributed by atoms with Crippen LogP contribution in [0, 0.1) is 0 Å². The van der Waals surface area contributed by atoms with Crippen molar-refractivity contribution in [2.75, 3.05) is 24.6 Å². The minimum Gasteiger partial charge on any atom is -0.395 e. The standard InChI is InChI=1S/C12H20N4OS/c1-3-9-11(13)12(15(2)14-9)18-8-10(17)16-6-4-5-7-16/h3-8,13H2,1-2H3. The topological polar surface area (TPSA) is 64.2 Å². The number of hydrogen-bond acceptors (Lipinski definition) is 4. The van der Waals surface area contributed by atoms with Crippen molar-refractivity contribution < 1.29 is 4.79 Å². The third-order valence-corrected chi connectivity index (χ3v) is 4.38. The molecule has 0 bridgehead atoms. The number of hydrogen-bond donors (Lipinski definition) is 1. The van der Waals surface area contributed by atoms with Crippen LogP contribution in [-0.4, -0.2) is 39.4 Å². The summed E-state index contributed by atoms with van der Waals surface area (Å²) < 4.78 is 1.77. The van der Waals surface area contributed by atoms with Gasteiger partial charge in [-0.15, -0.1) is 0 Å². The maximum atomic E-state index is 12.0. The molecule has 1 aromatic rings. The summed E-state index contributed by atoms with van der Waals surface area (Å²) in [5.74, 6) is 0.656. The van der Waals surface area contributed by atoms with Crippen LogP contribution in [0.25, 0.3) is 0 Å². The molecule has 0 spiro atoms. The number of aryl methyl sites for hydroxylation is 2. The Morgan fingerprint density at radius 1 is 1.44 bits per heavy atom. The zero-order valence-corrected chi connectivity index (χ0v) is 11.8. The van der Waals surface area contributed by atoms with Crippen molar-refractivity contribution >= 4 is 23.4 Å². The number of nitrogens with two attached hydrogens (primary N) is 1. The smallest absolute Gasteiger partial charge is 0.232 e. The second-order valence-corrected chi connectivity index (χ2v) is 5.48. The van der Waals surface area contributed by atoms with Crippen LogP contribution in [0.3, 0.4) is 0 Å². The van der Waals surface area contributed by atoms with Crippen LogP contribution in [0.1, 0.15) is 25.5 Å². The van der Waals surface area contributed by atoms with Crippen LogP contribution in [0.5, 0.6) is 0 Å². The molecular formula is C12H20N4OS. The van der Waals surface area contributed by atoms with Crippen molar-refractivity contribution in [3.63, 3.8) is 0 Å². The Labute approximate surface area is 112 Å².